The molecule has 0 saturated carbocycles. The van der Waals surface area contributed by atoms with E-state index in [2.05, 4.69) is 44.4 Å². The lowest BCUT2D eigenvalue weighted by Gasteiger charge is -2.00. The quantitative estimate of drug-likeness (QED) is 0.700. The van der Waals surface area contributed by atoms with Gasteiger partial charge in [-0.3, -0.25) is 4.68 Å². The molecule has 1 N–H and O–H groups in total. The van der Waals surface area contributed by atoms with Crippen molar-refractivity contribution in [1.29, 1.82) is 0 Å². The summed E-state index contributed by atoms with van der Waals surface area (Å²) in [6, 6.07) is 4.11. The third kappa shape index (κ3) is 2.95. The molecule has 0 atom stereocenters. The zero-order chi connectivity index (χ0) is 14.7. The van der Waals surface area contributed by atoms with Crippen molar-refractivity contribution in [2.45, 2.75) is 26.4 Å². The van der Waals surface area contributed by atoms with Crippen LogP contribution < -0.4 is 5.32 Å². The molecule has 3 rings (SSSR count). The molecular formula is C15H20N6. The summed E-state index contributed by atoms with van der Waals surface area (Å²) in [6.07, 6.45) is 7.06. The van der Waals surface area contributed by atoms with Gasteiger partial charge in [-0.25, -0.2) is 4.98 Å². The summed E-state index contributed by atoms with van der Waals surface area (Å²) >= 11 is 0. The van der Waals surface area contributed by atoms with E-state index in [0.29, 0.717) is 6.54 Å². The van der Waals surface area contributed by atoms with Gasteiger partial charge in [-0.15, -0.1) is 5.10 Å². The summed E-state index contributed by atoms with van der Waals surface area (Å²) in [5, 5.41) is 12.8. The van der Waals surface area contributed by atoms with E-state index in [0.717, 1.165) is 30.9 Å². The van der Waals surface area contributed by atoms with Crippen LogP contribution in [0.5, 0.6) is 0 Å². The Morgan fingerprint density at radius 1 is 1.29 bits per heavy atom. The summed E-state index contributed by atoms with van der Waals surface area (Å²) in [5.41, 5.74) is 3.21. The van der Waals surface area contributed by atoms with E-state index >= 15 is 0 Å². The minimum Gasteiger partial charge on any atom is -0.326 e. The van der Waals surface area contributed by atoms with E-state index in [4.69, 9.17) is 0 Å². The Labute approximate surface area is 123 Å². The maximum Gasteiger partial charge on any atom is 0.140 e. The third-order valence-electron chi connectivity index (χ3n) is 3.44. The van der Waals surface area contributed by atoms with Crippen LogP contribution in [0.3, 0.4) is 0 Å². The van der Waals surface area contributed by atoms with E-state index in [1.54, 1.807) is 4.68 Å². The number of rotatable bonds is 6. The van der Waals surface area contributed by atoms with Crippen LogP contribution in [0, 0.1) is 0 Å². The lowest BCUT2D eigenvalue weighted by atomic mass is 10.2. The Morgan fingerprint density at radius 2 is 2.19 bits per heavy atom. The van der Waals surface area contributed by atoms with E-state index < -0.39 is 0 Å². The number of aryl methyl sites for hydroxylation is 1. The maximum absolute atomic E-state index is 4.51. The fraction of sp³-hybridized carbons (Fsp3) is 0.400. The summed E-state index contributed by atoms with van der Waals surface area (Å²) < 4.78 is 3.86. The van der Waals surface area contributed by atoms with Crippen molar-refractivity contribution in [3.63, 3.8) is 0 Å². The molecule has 3 heterocycles. The largest absolute Gasteiger partial charge is 0.326 e. The molecule has 0 saturated heterocycles. The Kier molecular flexibility index (Phi) is 3.96. The highest BCUT2D eigenvalue weighted by Gasteiger charge is 2.10. The monoisotopic (exact) mass is 284 g/mol. The molecule has 0 amide bonds. The van der Waals surface area contributed by atoms with Gasteiger partial charge in [0.2, 0.25) is 0 Å². The minimum atomic E-state index is 0.690. The fourth-order valence-electron chi connectivity index (χ4n) is 2.50. The van der Waals surface area contributed by atoms with Crippen molar-refractivity contribution in [2.24, 2.45) is 7.05 Å². The van der Waals surface area contributed by atoms with Gasteiger partial charge in [0.15, 0.2) is 0 Å². The maximum atomic E-state index is 4.51. The molecule has 0 aromatic carbocycles. The highest BCUT2D eigenvalue weighted by Crippen LogP contribution is 2.20. The van der Waals surface area contributed by atoms with E-state index in [9.17, 15) is 0 Å². The van der Waals surface area contributed by atoms with Crippen molar-refractivity contribution in [2.75, 3.05) is 6.54 Å². The molecule has 21 heavy (non-hydrogen) atoms. The SMILES string of the molecule is CCCNCc1cn(Cc2cn(C)nn2)c2ncccc12. The number of pyridine rings is 1. The van der Waals surface area contributed by atoms with Gasteiger partial charge in [0, 0.05) is 37.6 Å². The number of hydrogen-bond acceptors (Lipinski definition) is 4. The van der Waals surface area contributed by atoms with Crippen LogP contribution in [0.2, 0.25) is 0 Å². The van der Waals surface area contributed by atoms with Crippen molar-refractivity contribution >= 4 is 11.0 Å². The molecular weight excluding hydrogens is 264 g/mol. The van der Waals surface area contributed by atoms with Crippen LogP contribution in [0.4, 0.5) is 0 Å². The van der Waals surface area contributed by atoms with Crippen LogP contribution in [0.25, 0.3) is 11.0 Å². The number of hydrogen-bond donors (Lipinski definition) is 1. The van der Waals surface area contributed by atoms with Crippen molar-refractivity contribution in [3.05, 3.63) is 42.0 Å². The summed E-state index contributed by atoms with van der Waals surface area (Å²) in [7, 11) is 1.88. The number of aromatic nitrogens is 5. The van der Waals surface area contributed by atoms with E-state index in [-0.39, 0.29) is 0 Å². The highest BCUT2D eigenvalue weighted by molar-refractivity contribution is 5.80. The molecule has 6 nitrogen and oxygen atoms in total. The zero-order valence-corrected chi connectivity index (χ0v) is 12.5. The molecule has 3 aromatic rings. The standard InChI is InChI=1S/C15H20N6/c1-3-6-16-8-12-9-21(11-13-10-20(2)19-18-13)15-14(12)5-4-7-17-15/h4-5,7,9-10,16H,3,6,8,11H2,1-2H3. The van der Waals surface area contributed by atoms with Gasteiger partial charge in [-0.2, -0.15) is 0 Å². The topological polar surface area (TPSA) is 60.6 Å². The molecule has 0 aliphatic rings. The molecule has 0 aliphatic heterocycles. The molecule has 0 aliphatic carbocycles. The average Bonchev–Trinajstić information content (AvgIpc) is 3.05. The van der Waals surface area contributed by atoms with Crippen molar-refractivity contribution in [3.8, 4) is 0 Å². The Bertz CT molecular complexity index is 727. The average molecular weight is 284 g/mol. The predicted octanol–water partition coefficient (Wildman–Crippen LogP) is 1.71. The normalized spacial score (nSPS) is 11.3. The minimum absolute atomic E-state index is 0.690. The van der Waals surface area contributed by atoms with Gasteiger partial charge in [0.05, 0.1) is 6.54 Å². The second kappa shape index (κ2) is 6.05. The molecule has 6 heteroatoms. The van der Waals surface area contributed by atoms with Gasteiger partial charge in [-0.05, 0) is 30.7 Å². The van der Waals surface area contributed by atoms with Gasteiger partial charge in [0.25, 0.3) is 0 Å². The second-order valence-electron chi connectivity index (χ2n) is 5.22. The number of fused-ring (bicyclic) bond motifs is 1. The first kappa shape index (κ1) is 13.8. The van der Waals surface area contributed by atoms with E-state index in [1.165, 1.54) is 10.9 Å². The zero-order valence-electron chi connectivity index (χ0n) is 12.5. The lowest BCUT2D eigenvalue weighted by Crippen LogP contribution is -2.13. The van der Waals surface area contributed by atoms with Crippen LogP contribution in [0.15, 0.2) is 30.7 Å². The molecule has 0 radical (unpaired) electrons. The second-order valence-corrected chi connectivity index (χ2v) is 5.22. The number of nitrogens with zero attached hydrogens (tertiary/aromatic N) is 5. The lowest BCUT2D eigenvalue weighted by molar-refractivity contribution is 0.674. The summed E-state index contributed by atoms with van der Waals surface area (Å²) in [6.45, 7) is 4.75. The van der Waals surface area contributed by atoms with Gasteiger partial charge >= 0.3 is 0 Å². The Balaban J connectivity index is 1.90. The molecule has 110 valence electrons. The molecule has 3 aromatic heterocycles. The van der Waals surface area contributed by atoms with Crippen molar-refractivity contribution < 1.29 is 0 Å². The predicted molar refractivity (Wildman–Crippen MR) is 81.8 cm³/mol. The smallest absolute Gasteiger partial charge is 0.140 e. The summed E-state index contributed by atoms with van der Waals surface area (Å²) in [4.78, 5) is 4.51. The van der Waals surface area contributed by atoms with Crippen LogP contribution in [-0.2, 0) is 20.1 Å². The van der Waals surface area contributed by atoms with Gasteiger partial charge in [-0.1, -0.05) is 12.1 Å². The highest BCUT2D eigenvalue weighted by atomic mass is 15.4. The van der Waals surface area contributed by atoms with Crippen molar-refractivity contribution in [1.82, 2.24) is 29.9 Å². The molecule has 0 fully saturated rings. The molecule has 0 bridgehead atoms. The molecule has 0 spiro atoms. The first-order valence-corrected chi connectivity index (χ1v) is 7.26. The van der Waals surface area contributed by atoms with E-state index in [1.807, 2.05) is 25.5 Å². The number of nitrogens with one attached hydrogen (secondary N) is 1. The fourth-order valence-corrected chi connectivity index (χ4v) is 2.50. The third-order valence-corrected chi connectivity index (χ3v) is 3.44. The van der Waals surface area contributed by atoms with Gasteiger partial charge in [0.1, 0.15) is 11.3 Å². The Hall–Kier alpha value is -2.21. The van der Waals surface area contributed by atoms with Gasteiger partial charge < -0.3 is 9.88 Å². The first-order chi connectivity index (χ1) is 10.3. The van der Waals surface area contributed by atoms with Crippen LogP contribution >= 0.6 is 0 Å². The summed E-state index contributed by atoms with van der Waals surface area (Å²) in [5.74, 6) is 0. The van der Waals surface area contributed by atoms with Crippen LogP contribution in [-0.4, -0.2) is 31.1 Å². The van der Waals surface area contributed by atoms with Crippen LogP contribution in [0.1, 0.15) is 24.6 Å². The first-order valence-electron chi connectivity index (χ1n) is 7.26. The molecule has 0 unspecified atom stereocenters. The Morgan fingerprint density at radius 3 is 2.95 bits per heavy atom.